The minimum absolute atomic E-state index is 0.180. The van der Waals surface area contributed by atoms with Crippen LogP contribution in [-0.2, 0) is 11.2 Å². The molecule has 0 bridgehead atoms. The minimum atomic E-state index is 0.180. The number of carbonyl (C=O) groups excluding carboxylic acids is 1. The number of benzene rings is 1. The molecule has 1 aliphatic rings. The third-order valence-electron chi connectivity index (χ3n) is 5.34. The van der Waals surface area contributed by atoms with Gasteiger partial charge in [-0.25, -0.2) is 4.98 Å². The van der Waals surface area contributed by atoms with E-state index in [1.165, 1.54) is 11.5 Å². The van der Waals surface area contributed by atoms with Gasteiger partial charge in [0.15, 0.2) is 0 Å². The Morgan fingerprint density at radius 1 is 1.18 bits per heavy atom. The molecule has 1 unspecified atom stereocenters. The van der Waals surface area contributed by atoms with Crippen molar-refractivity contribution < 1.29 is 4.79 Å². The number of piperazine rings is 1. The average Bonchev–Trinajstić information content (AvgIpc) is 3.19. The minimum Gasteiger partial charge on any atom is -0.343 e. The predicted molar refractivity (Wildman–Crippen MR) is 116 cm³/mol. The summed E-state index contributed by atoms with van der Waals surface area (Å²) in [7, 11) is 0. The molecule has 7 heteroatoms. The maximum Gasteiger partial charge on any atom is 0.225 e. The highest BCUT2D eigenvalue weighted by Gasteiger charge is 2.27. The third-order valence-corrected chi connectivity index (χ3v) is 6.41. The Labute approximate surface area is 176 Å². The first-order chi connectivity index (χ1) is 13.6. The number of aromatic nitrogens is 2. The SMILES string of the molecule is CCCCC(CC)C(=O)N1CCN(c2nc(Cc3ccc(Cl)cc3)ns2)CC1. The Morgan fingerprint density at radius 3 is 2.54 bits per heavy atom. The molecule has 0 radical (unpaired) electrons. The molecule has 0 spiro atoms. The van der Waals surface area contributed by atoms with Crippen molar-refractivity contribution in [2.45, 2.75) is 46.0 Å². The first-order valence-corrected chi connectivity index (χ1v) is 11.4. The number of anilines is 1. The van der Waals surface area contributed by atoms with Gasteiger partial charge in [-0.1, -0.05) is 50.4 Å². The number of halogens is 1. The van der Waals surface area contributed by atoms with Crippen LogP contribution in [0, 0.1) is 5.92 Å². The second kappa shape index (κ2) is 10.2. The van der Waals surface area contributed by atoms with Crippen LogP contribution in [0.3, 0.4) is 0 Å². The van der Waals surface area contributed by atoms with E-state index < -0.39 is 0 Å². The summed E-state index contributed by atoms with van der Waals surface area (Å²) in [6, 6.07) is 7.81. The zero-order valence-electron chi connectivity index (χ0n) is 16.7. The summed E-state index contributed by atoms with van der Waals surface area (Å²) in [6.45, 7) is 7.50. The standard InChI is InChI=1S/C21H29ClN4OS/c1-3-5-6-17(4-2)20(27)25-11-13-26(14-12-25)21-23-19(24-28-21)15-16-7-9-18(22)10-8-16/h7-10,17H,3-6,11-15H2,1-2H3. The summed E-state index contributed by atoms with van der Waals surface area (Å²) in [4.78, 5) is 21.8. The van der Waals surface area contributed by atoms with Gasteiger partial charge >= 0.3 is 0 Å². The summed E-state index contributed by atoms with van der Waals surface area (Å²) in [5.74, 6) is 1.35. The lowest BCUT2D eigenvalue weighted by Crippen LogP contribution is -2.50. The Kier molecular flexibility index (Phi) is 7.68. The number of hydrogen-bond acceptors (Lipinski definition) is 5. The molecule has 1 aliphatic heterocycles. The van der Waals surface area contributed by atoms with Crippen LogP contribution >= 0.6 is 23.1 Å². The van der Waals surface area contributed by atoms with Crippen molar-refractivity contribution >= 4 is 34.2 Å². The van der Waals surface area contributed by atoms with E-state index in [4.69, 9.17) is 16.6 Å². The van der Waals surface area contributed by atoms with Crippen LogP contribution in [0.15, 0.2) is 24.3 Å². The van der Waals surface area contributed by atoms with Crippen molar-refractivity contribution in [2.75, 3.05) is 31.1 Å². The van der Waals surface area contributed by atoms with Gasteiger partial charge in [-0.3, -0.25) is 4.79 Å². The highest BCUT2D eigenvalue weighted by atomic mass is 35.5. The van der Waals surface area contributed by atoms with Crippen molar-refractivity contribution in [3.8, 4) is 0 Å². The Hall–Kier alpha value is -1.66. The number of unbranched alkanes of at least 4 members (excludes halogenated alkanes) is 1. The third kappa shape index (κ3) is 5.45. The molecule has 1 amide bonds. The molecule has 28 heavy (non-hydrogen) atoms. The number of amides is 1. The summed E-state index contributed by atoms with van der Waals surface area (Å²) in [6.07, 6.45) is 4.93. The number of rotatable bonds is 8. The van der Waals surface area contributed by atoms with Gasteiger partial charge in [0.1, 0.15) is 5.82 Å². The average molecular weight is 421 g/mol. The maximum absolute atomic E-state index is 12.8. The fourth-order valence-corrected chi connectivity index (χ4v) is 4.42. The van der Waals surface area contributed by atoms with Gasteiger partial charge in [0.2, 0.25) is 11.0 Å². The molecule has 2 heterocycles. The van der Waals surface area contributed by atoms with Crippen LogP contribution < -0.4 is 4.90 Å². The second-order valence-corrected chi connectivity index (χ2v) is 8.52. The van der Waals surface area contributed by atoms with E-state index >= 15 is 0 Å². The second-order valence-electron chi connectivity index (χ2n) is 7.36. The largest absolute Gasteiger partial charge is 0.343 e. The summed E-state index contributed by atoms with van der Waals surface area (Å²) in [5, 5.41) is 1.69. The Bertz CT molecular complexity index is 756. The Morgan fingerprint density at radius 2 is 1.89 bits per heavy atom. The molecule has 1 atom stereocenters. The van der Waals surface area contributed by atoms with Gasteiger partial charge in [-0.05, 0) is 30.5 Å². The van der Waals surface area contributed by atoms with Gasteiger partial charge in [0, 0.05) is 55.1 Å². The van der Waals surface area contributed by atoms with E-state index in [1.807, 2.05) is 29.2 Å². The maximum atomic E-state index is 12.8. The number of hydrogen-bond donors (Lipinski definition) is 0. The van der Waals surface area contributed by atoms with Crippen molar-refractivity contribution in [2.24, 2.45) is 5.92 Å². The topological polar surface area (TPSA) is 49.3 Å². The number of nitrogens with zero attached hydrogens (tertiary/aromatic N) is 4. The van der Waals surface area contributed by atoms with Crippen molar-refractivity contribution in [1.29, 1.82) is 0 Å². The van der Waals surface area contributed by atoms with Crippen molar-refractivity contribution in [3.63, 3.8) is 0 Å². The fourth-order valence-electron chi connectivity index (χ4n) is 3.56. The molecular weight excluding hydrogens is 392 g/mol. The monoisotopic (exact) mass is 420 g/mol. The summed E-state index contributed by atoms with van der Waals surface area (Å²) in [5.41, 5.74) is 1.15. The normalized spacial score (nSPS) is 15.7. The van der Waals surface area contributed by atoms with E-state index in [-0.39, 0.29) is 5.92 Å². The molecule has 152 valence electrons. The molecule has 0 saturated carbocycles. The van der Waals surface area contributed by atoms with Crippen LogP contribution in [0.1, 0.15) is 50.9 Å². The van der Waals surface area contributed by atoms with Crippen LogP contribution in [0.4, 0.5) is 5.13 Å². The number of carbonyl (C=O) groups is 1. The van der Waals surface area contributed by atoms with Crippen LogP contribution in [0.25, 0.3) is 0 Å². The molecule has 1 fully saturated rings. The summed E-state index contributed by atoms with van der Waals surface area (Å²) < 4.78 is 4.51. The molecule has 0 N–H and O–H groups in total. The first kappa shape index (κ1) is 21.1. The van der Waals surface area contributed by atoms with Crippen LogP contribution in [-0.4, -0.2) is 46.3 Å². The molecule has 0 aliphatic carbocycles. The molecule has 1 saturated heterocycles. The van der Waals surface area contributed by atoms with Gasteiger partial charge < -0.3 is 9.80 Å². The van der Waals surface area contributed by atoms with Gasteiger partial charge in [-0.2, -0.15) is 4.37 Å². The zero-order chi connectivity index (χ0) is 19.9. The van der Waals surface area contributed by atoms with Crippen LogP contribution in [0.5, 0.6) is 0 Å². The predicted octanol–water partition coefficient (Wildman–Crippen LogP) is 4.65. The fraction of sp³-hybridized carbons (Fsp3) is 0.571. The lowest BCUT2D eigenvalue weighted by molar-refractivity contribution is -0.136. The van der Waals surface area contributed by atoms with Gasteiger partial charge in [0.05, 0.1) is 0 Å². The lowest BCUT2D eigenvalue weighted by Gasteiger charge is -2.36. The van der Waals surface area contributed by atoms with E-state index in [9.17, 15) is 4.79 Å². The van der Waals surface area contributed by atoms with Gasteiger partial charge in [-0.15, -0.1) is 0 Å². The smallest absolute Gasteiger partial charge is 0.225 e. The highest BCUT2D eigenvalue weighted by molar-refractivity contribution is 7.09. The zero-order valence-corrected chi connectivity index (χ0v) is 18.3. The van der Waals surface area contributed by atoms with E-state index in [1.54, 1.807) is 0 Å². The molecule has 2 aromatic rings. The van der Waals surface area contributed by atoms with E-state index in [0.717, 1.165) is 73.4 Å². The Balaban J connectivity index is 1.53. The highest BCUT2D eigenvalue weighted by Crippen LogP contribution is 2.23. The molecule has 3 rings (SSSR count). The van der Waals surface area contributed by atoms with Crippen LogP contribution in [0.2, 0.25) is 5.02 Å². The van der Waals surface area contributed by atoms with E-state index in [0.29, 0.717) is 12.3 Å². The quantitative estimate of drug-likeness (QED) is 0.623. The van der Waals surface area contributed by atoms with E-state index in [2.05, 4.69) is 23.1 Å². The molecule has 5 nitrogen and oxygen atoms in total. The summed E-state index contributed by atoms with van der Waals surface area (Å²) >= 11 is 7.39. The first-order valence-electron chi connectivity index (χ1n) is 10.2. The van der Waals surface area contributed by atoms with Gasteiger partial charge in [0.25, 0.3) is 0 Å². The molecule has 1 aromatic carbocycles. The molecule has 1 aromatic heterocycles. The van der Waals surface area contributed by atoms with Crippen molar-refractivity contribution in [1.82, 2.24) is 14.3 Å². The lowest BCUT2D eigenvalue weighted by atomic mass is 9.97. The van der Waals surface area contributed by atoms with Crippen molar-refractivity contribution in [3.05, 3.63) is 40.7 Å². The molecular formula is C21H29ClN4OS.